The Morgan fingerprint density at radius 3 is 2.94 bits per heavy atom. The SMILES string of the molecule is ONC=Nc1ccc(OCc2cccnc2)nc1. The number of aliphatic imine (C=N–C) groups is 1. The van der Waals surface area contributed by atoms with Crippen LogP contribution in [0.15, 0.2) is 47.8 Å². The average Bonchev–Trinajstić information content (AvgIpc) is 2.45. The first-order valence-electron chi connectivity index (χ1n) is 5.28. The topological polar surface area (TPSA) is 79.6 Å². The molecule has 0 spiro atoms. The summed E-state index contributed by atoms with van der Waals surface area (Å²) < 4.78 is 5.48. The van der Waals surface area contributed by atoms with Crippen LogP contribution >= 0.6 is 0 Å². The number of ether oxygens (including phenoxy) is 1. The number of nitrogens with zero attached hydrogens (tertiary/aromatic N) is 3. The maximum Gasteiger partial charge on any atom is 0.213 e. The van der Waals surface area contributed by atoms with Gasteiger partial charge in [-0.05, 0) is 12.1 Å². The van der Waals surface area contributed by atoms with Gasteiger partial charge in [0, 0.05) is 24.0 Å². The van der Waals surface area contributed by atoms with Gasteiger partial charge >= 0.3 is 0 Å². The number of aromatic nitrogens is 2. The van der Waals surface area contributed by atoms with Gasteiger partial charge < -0.3 is 4.74 Å². The van der Waals surface area contributed by atoms with E-state index in [1.807, 2.05) is 17.6 Å². The molecule has 0 radical (unpaired) electrons. The zero-order chi connectivity index (χ0) is 12.6. The van der Waals surface area contributed by atoms with E-state index in [2.05, 4.69) is 15.0 Å². The van der Waals surface area contributed by atoms with Crippen molar-refractivity contribution in [3.8, 4) is 5.88 Å². The van der Waals surface area contributed by atoms with Crippen molar-refractivity contribution in [1.82, 2.24) is 15.4 Å². The molecule has 2 aromatic heterocycles. The molecule has 2 N–H and O–H groups in total. The van der Waals surface area contributed by atoms with Crippen LogP contribution in [0, 0.1) is 0 Å². The Morgan fingerprint density at radius 1 is 1.33 bits per heavy atom. The molecule has 0 amide bonds. The van der Waals surface area contributed by atoms with Crippen molar-refractivity contribution in [3.05, 3.63) is 48.4 Å². The number of nitrogens with one attached hydrogen (secondary N) is 1. The van der Waals surface area contributed by atoms with Gasteiger partial charge in [0.2, 0.25) is 5.88 Å². The minimum atomic E-state index is 0.418. The van der Waals surface area contributed by atoms with E-state index in [0.29, 0.717) is 18.2 Å². The van der Waals surface area contributed by atoms with Gasteiger partial charge in [0.25, 0.3) is 0 Å². The molecule has 0 saturated heterocycles. The highest BCUT2D eigenvalue weighted by Gasteiger charge is 1.97. The van der Waals surface area contributed by atoms with Gasteiger partial charge in [0.1, 0.15) is 12.9 Å². The zero-order valence-electron chi connectivity index (χ0n) is 9.52. The second-order valence-corrected chi connectivity index (χ2v) is 3.39. The van der Waals surface area contributed by atoms with Crippen LogP contribution in [0.5, 0.6) is 5.88 Å². The Balaban J connectivity index is 1.92. The van der Waals surface area contributed by atoms with E-state index >= 15 is 0 Å². The summed E-state index contributed by atoms with van der Waals surface area (Å²) >= 11 is 0. The van der Waals surface area contributed by atoms with Crippen molar-refractivity contribution < 1.29 is 9.94 Å². The summed E-state index contributed by atoms with van der Waals surface area (Å²) in [6.07, 6.45) is 6.16. The summed E-state index contributed by atoms with van der Waals surface area (Å²) in [7, 11) is 0. The van der Waals surface area contributed by atoms with Gasteiger partial charge in [-0.25, -0.2) is 9.98 Å². The Kier molecular flexibility index (Phi) is 4.21. The lowest BCUT2D eigenvalue weighted by Gasteiger charge is -2.04. The molecule has 92 valence electrons. The van der Waals surface area contributed by atoms with Crippen molar-refractivity contribution in [2.75, 3.05) is 0 Å². The van der Waals surface area contributed by atoms with Crippen LogP contribution in [-0.4, -0.2) is 21.5 Å². The highest BCUT2D eigenvalue weighted by molar-refractivity contribution is 5.59. The normalized spacial score (nSPS) is 10.5. The maximum atomic E-state index is 8.34. The molecule has 0 unspecified atom stereocenters. The molecule has 0 bridgehead atoms. The van der Waals surface area contributed by atoms with Gasteiger partial charge in [-0.2, -0.15) is 0 Å². The molecule has 0 saturated carbocycles. The standard InChI is InChI=1S/C12H12N4O2/c17-16-9-15-11-3-4-12(14-7-11)18-8-10-2-1-5-13-6-10/h1-7,9,17H,8H2,(H,15,16). The van der Waals surface area contributed by atoms with E-state index in [0.717, 1.165) is 11.9 Å². The largest absolute Gasteiger partial charge is 0.473 e. The summed E-state index contributed by atoms with van der Waals surface area (Å²) in [5.41, 5.74) is 3.41. The molecule has 2 aromatic rings. The molecule has 18 heavy (non-hydrogen) atoms. The summed E-state index contributed by atoms with van der Waals surface area (Å²) in [6, 6.07) is 7.23. The van der Waals surface area contributed by atoms with Gasteiger partial charge in [-0.1, -0.05) is 6.07 Å². The number of pyridine rings is 2. The van der Waals surface area contributed by atoms with Gasteiger partial charge in [-0.15, -0.1) is 0 Å². The van der Waals surface area contributed by atoms with Gasteiger partial charge in [-0.3, -0.25) is 15.7 Å². The Hall–Kier alpha value is -2.47. The van der Waals surface area contributed by atoms with Crippen LogP contribution in [-0.2, 0) is 6.61 Å². The fourth-order valence-electron chi connectivity index (χ4n) is 1.28. The zero-order valence-corrected chi connectivity index (χ0v) is 9.52. The lowest BCUT2D eigenvalue weighted by Crippen LogP contribution is -2.01. The summed E-state index contributed by atoms with van der Waals surface area (Å²) in [5.74, 6) is 0.509. The Bertz CT molecular complexity index is 499. The number of rotatable bonds is 5. The molecule has 2 rings (SSSR count). The minimum absolute atomic E-state index is 0.418. The molecular formula is C12H12N4O2. The monoisotopic (exact) mass is 244 g/mol. The third-order valence-electron chi connectivity index (χ3n) is 2.10. The van der Waals surface area contributed by atoms with Crippen molar-refractivity contribution in [2.24, 2.45) is 4.99 Å². The predicted molar refractivity (Wildman–Crippen MR) is 65.9 cm³/mol. The molecule has 2 heterocycles. The molecule has 0 atom stereocenters. The smallest absolute Gasteiger partial charge is 0.213 e. The van der Waals surface area contributed by atoms with E-state index in [-0.39, 0.29) is 0 Å². The van der Waals surface area contributed by atoms with Crippen LogP contribution < -0.4 is 10.2 Å². The third-order valence-corrected chi connectivity index (χ3v) is 2.10. The van der Waals surface area contributed by atoms with Crippen LogP contribution in [0.4, 0.5) is 5.69 Å². The lowest BCUT2D eigenvalue weighted by molar-refractivity contribution is 0.240. The Morgan fingerprint density at radius 2 is 2.28 bits per heavy atom. The number of hydroxylamine groups is 1. The van der Waals surface area contributed by atoms with E-state index in [1.54, 1.807) is 30.7 Å². The van der Waals surface area contributed by atoms with Crippen LogP contribution in [0.1, 0.15) is 5.56 Å². The summed E-state index contributed by atoms with van der Waals surface area (Å²) in [6.45, 7) is 0.418. The molecule has 0 fully saturated rings. The van der Waals surface area contributed by atoms with Crippen molar-refractivity contribution in [3.63, 3.8) is 0 Å². The van der Waals surface area contributed by atoms with Gasteiger partial charge in [0.05, 0.1) is 11.9 Å². The van der Waals surface area contributed by atoms with Crippen molar-refractivity contribution in [1.29, 1.82) is 0 Å². The lowest BCUT2D eigenvalue weighted by atomic mass is 10.3. The molecule has 0 aliphatic carbocycles. The maximum absolute atomic E-state index is 8.34. The minimum Gasteiger partial charge on any atom is -0.473 e. The Labute approximate surface area is 104 Å². The first-order valence-corrected chi connectivity index (χ1v) is 5.28. The first kappa shape index (κ1) is 12.0. The van der Waals surface area contributed by atoms with Crippen molar-refractivity contribution in [2.45, 2.75) is 6.61 Å². The van der Waals surface area contributed by atoms with E-state index < -0.39 is 0 Å². The van der Waals surface area contributed by atoms with Crippen molar-refractivity contribution >= 4 is 12.0 Å². The van der Waals surface area contributed by atoms with Crippen LogP contribution in [0.3, 0.4) is 0 Å². The van der Waals surface area contributed by atoms with E-state index in [4.69, 9.17) is 9.94 Å². The van der Waals surface area contributed by atoms with E-state index in [9.17, 15) is 0 Å². The van der Waals surface area contributed by atoms with E-state index in [1.165, 1.54) is 0 Å². The van der Waals surface area contributed by atoms with Crippen LogP contribution in [0.25, 0.3) is 0 Å². The summed E-state index contributed by atoms with van der Waals surface area (Å²) in [5, 5.41) is 8.34. The second-order valence-electron chi connectivity index (χ2n) is 3.39. The molecule has 6 nitrogen and oxygen atoms in total. The average molecular weight is 244 g/mol. The molecule has 6 heteroatoms. The quantitative estimate of drug-likeness (QED) is 0.475. The molecule has 0 aliphatic heterocycles. The fraction of sp³-hybridized carbons (Fsp3) is 0.0833. The number of hydrogen-bond donors (Lipinski definition) is 2. The first-order chi connectivity index (χ1) is 8.88. The molecule has 0 aliphatic rings. The molecular weight excluding hydrogens is 232 g/mol. The van der Waals surface area contributed by atoms with Gasteiger partial charge in [0.15, 0.2) is 0 Å². The fourth-order valence-corrected chi connectivity index (χ4v) is 1.28. The molecule has 0 aromatic carbocycles. The second kappa shape index (κ2) is 6.31. The van der Waals surface area contributed by atoms with Crippen LogP contribution in [0.2, 0.25) is 0 Å². The third kappa shape index (κ3) is 3.53. The predicted octanol–water partition coefficient (Wildman–Crippen LogP) is 1.69. The highest BCUT2D eigenvalue weighted by Crippen LogP contribution is 2.14. The number of hydrogen-bond acceptors (Lipinski definition) is 5. The highest BCUT2D eigenvalue weighted by atomic mass is 16.5. The summed E-state index contributed by atoms with van der Waals surface area (Å²) in [4.78, 5) is 11.9.